The topological polar surface area (TPSA) is 257 Å². The molecule has 6 aliphatic rings. The van der Waals surface area contributed by atoms with Gasteiger partial charge >= 0.3 is 7.82 Å². The quantitative estimate of drug-likeness (QED) is 0.0796. The van der Waals surface area contributed by atoms with Crippen LogP contribution in [0, 0.1) is 5.41 Å². The molecule has 5 aliphatic heterocycles. The van der Waals surface area contributed by atoms with E-state index in [9.17, 15) is 33.6 Å². The third-order valence-electron chi connectivity index (χ3n) is 16.5. The lowest BCUT2D eigenvalue weighted by atomic mass is 9.89. The maximum Gasteiger partial charge on any atom is 0.471 e. The summed E-state index contributed by atoms with van der Waals surface area (Å²) in [6.45, 7) is 15.5. The summed E-state index contributed by atoms with van der Waals surface area (Å²) in [4.78, 5) is 110. The minimum atomic E-state index is -5.01. The predicted octanol–water partition coefficient (Wildman–Crippen LogP) is 5.85. The molecule has 1 aliphatic carbocycles. The number of hydrogen-bond acceptors (Lipinski definition) is 16. The zero-order valence-corrected chi connectivity index (χ0v) is 46.3. The number of hydrogen-bond donors (Lipinski definition) is 4. The molecule has 0 spiro atoms. The molecule has 11 rings (SSSR count). The Morgan fingerprint density at radius 3 is 2.28 bits per heavy atom. The number of piperazine rings is 1. The van der Waals surface area contributed by atoms with Gasteiger partial charge in [0.05, 0.1) is 35.7 Å². The number of methoxy groups -OCH3 is 1. The average Bonchev–Trinajstić information content (AvgIpc) is 4.17. The third kappa shape index (κ3) is 10.1. The summed E-state index contributed by atoms with van der Waals surface area (Å²) in [6, 6.07) is 14.1. The Labute approximate surface area is 457 Å². The Kier molecular flexibility index (Phi) is 13.8. The summed E-state index contributed by atoms with van der Waals surface area (Å²) >= 11 is 0. The fourth-order valence-corrected chi connectivity index (χ4v) is 13.1. The van der Waals surface area contributed by atoms with Gasteiger partial charge in [-0.15, -0.1) is 0 Å². The molecule has 416 valence electrons. The van der Waals surface area contributed by atoms with E-state index in [2.05, 4.69) is 67.9 Å². The van der Waals surface area contributed by atoms with Crippen LogP contribution in [0.4, 0.5) is 28.7 Å². The van der Waals surface area contributed by atoms with Crippen molar-refractivity contribution in [2.75, 3.05) is 66.6 Å². The molecule has 2 unspecified atom stereocenters. The number of carbonyl (C=O) groups is 5. The van der Waals surface area contributed by atoms with Crippen molar-refractivity contribution in [3.05, 3.63) is 101 Å². The van der Waals surface area contributed by atoms with Gasteiger partial charge in [-0.25, -0.2) is 19.5 Å². The molecule has 4 atom stereocenters. The maximum absolute atomic E-state index is 14.2. The number of pyridine rings is 3. The molecule has 4 N–H and O–H groups in total. The number of carbonyl (C=O) groups excluding carboxylic acids is 5. The molecule has 5 amide bonds. The van der Waals surface area contributed by atoms with Gasteiger partial charge in [-0.2, -0.15) is 0 Å². The monoisotopic (exact) mass is 1100 g/mol. The molecule has 1 aromatic carbocycles. The molecule has 0 saturated carbocycles. The lowest BCUT2D eigenvalue weighted by molar-refractivity contribution is -0.155. The molecule has 22 nitrogen and oxygen atoms in total. The molecule has 5 aromatic rings. The Morgan fingerprint density at radius 2 is 1.57 bits per heavy atom. The lowest BCUT2D eigenvalue weighted by Crippen LogP contribution is -2.58. The van der Waals surface area contributed by atoms with Crippen LogP contribution in [0.3, 0.4) is 0 Å². The van der Waals surface area contributed by atoms with Crippen molar-refractivity contribution in [3.8, 4) is 17.0 Å². The number of aromatic nitrogens is 4. The number of phosphoric ester groups is 1. The number of fused-ring (bicyclic) bond motifs is 4. The summed E-state index contributed by atoms with van der Waals surface area (Å²) in [5.74, 6) is -1.80. The average molecular weight is 1100 g/mol. The molecule has 0 bridgehead atoms. The molecular formula is C56H66N11O11P. The summed E-state index contributed by atoms with van der Waals surface area (Å²) in [5, 5.41) is 15.2. The van der Waals surface area contributed by atoms with Gasteiger partial charge in [0.25, 0.3) is 23.6 Å². The van der Waals surface area contributed by atoms with Crippen LogP contribution in [0.2, 0.25) is 0 Å². The van der Waals surface area contributed by atoms with E-state index in [4.69, 9.17) is 24.5 Å². The Bertz CT molecular complexity index is 3350. The summed E-state index contributed by atoms with van der Waals surface area (Å²) in [7, 11) is -3.46. The first-order valence-corrected chi connectivity index (χ1v) is 28.4. The molecular weight excluding hydrogens is 1030 g/mol. The number of imide groups is 2. The second-order valence-corrected chi connectivity index (χ2v) is 24.2. The van der Waals surface area contributed by atoms with E-state index in [1.807, 2.05) is 36.5 Å². The molecule has 4 aromatic heterocycles. The standard InChI is InChI=1S/C56H66N11O11P/c1-32-22-36(15-17-62(32)37-8-10-40-41(25-37)52(70)67(51(40)69)43-11-13-47(68)66(53(43)71)31-78-79(74,75)76)61-18-19-63(33(2)30-61)38-9-12-46(58-29-38)60-42-23-35(28-59-50(42)77-7)39-14-16-57-49(48(39)56(5,6)73)65-21-20-64-44(54(65)72)24-34-26-55(3,4)27-45(34)64/h8-10,12,14,16,23-25,28-29,32-33,36,43,73H,11,13,15,17-22,26-27,30-31H2,1-7H3,(H,58,60)(H2,74,75,76)/t32-,33-,36?,43?/m0/s1. The summed E-state index contributed by atoms with van der Waals surface area (Å²) in [5.41, 5.74) is 6.41. The van der Waals surface area contributed by atoms with E-state index in [1.165, 1.54) is 11.3 Å². The van der Waals surface area contributed by atoms with Gasteiger partial charge < -0.3 is 39.3 Å². The number of anilines is 5. The van der Waals surface area contributed by atoms with Gasteiger partial charge in [-0.05, 0) is 125 Å². The van der Waals surface area contributed by atoms with Crippen molar-refractivity contribution in [2.45, 2.75) is 116 Å². The fraction of sp³-hybridized carbons (Fsp3) is 0.464. The van der Waals surface area contributed by atoms with E-state index in [1.54, 1.807) is 50.4 Å². The van der Waals surface area contributed by atoms with Gasteiger partial charge in [0, 0.05) is 98.7 Å². The van der Waals surface area contributed by atoms with Crippen molar-refractivity contribution in [1.82, 2.24) is 34.2 Å². The number of likely N-dealkylation sites (tertiary alicyclic amines) is 1. The van der Waals surface area contributed by atoms with E-state index >= 15 is 0 Å². The molecule has 23 heteroatoms. The molecule has 0 radical (unpaired) electrons. The highest BCUT2D eigenvalue weighted by Gasteiger charge is 2.48. The first kappa shape index (κ1) is 53.9. The molecule has 9 heterocycles. The summed E-state index contributed by atoms with van der Waals surface area (Å²) < 4.78 is 23.6. The van der Waals surface area contributed by atoms with Crippen LogP contribution in [0.25, 0.3) is 11.1 Å². The van der Waals surface area contributed by atoms with E-state index in [-0.39, 0.29) is 47.4 Å². The number of aliphatic hydroxyl groups is 1. The Hall–Kier alpha value is -7.07. The smallest absolute Gasteiger partial charge is 0.471 e. The van der Waals surface area contributed by atoms with Crippen LogP contribution in [-0.2, 0) is 43.7 Å². The highest BCUT2D eigenvalue weighted by Crippen LogP contribution is 2.44. The number of nitrogens with zero attached hydrogens (tertiary/aromatic N) is 10. The number of benzene rings is 1. The summed E-state index contributed by atoms with van der Waals surface area (Å²) in [6.07, 6.45) is 8.49. The number of ether oxygens (including phenoxy) is 1. The van der Waals surface area contributed by atoms with Crippen molar-refractivity contribution in [3.63, 3.8) is 0 Å². The normalized spacial score (nSPS) is 22.7. The first-order chi connectivity index (χ1) is 37.5. The van der Waals surface area contributed by atoms with Crippen LogP contribution in [-0.4, -0.2) is 149 Å². The number of rotatable bonds is 13. The SMILES string of the molecule is COc1ncc(-c2ccnc(N3CCn4c(cc5c4CC(C)(C)C5)C3=O)c2C(C)(C)O)cc1Nc1ccc(N2CCN(C3CCN(c4ccc5c(c4)C(=O)N(C4CCC(=O)N(COP(=O)(O)O)C4=O)C5=O)[C@@H](C)C3)C[C@@H]2C)cn1. The van der Waals surface area contributed by atoms with Crippen molar-refractivity contribution < 1.29 is 52.7 Å². The van der Waals surface area contributed by atoms with Crippen molar-refractivity contribution in [1.29, 1.82) is 0 Å². The zero-order valence-electron chi connectivity index (χ0n) is 45.4. The van der Waals surface area contributed by atoms with Crippen LogP contribution in [0.1, 0.15) is 115 Å². The number of amides is 5. The van der Waals surface area contributed by atoms with E-state index in [0.29, 0.717) is 76.2 Å². The number of nitrogens with one attached hydrogen (secondary N) is 1. The number of piperidine rings is 2. The van der Waals surface area contributed by atoms with E-state index in [0.717, 1.165) is 61.6 Å². The van der Waals surface area contributed by atoms with Gasteiger partial charge in [-0.3, -0.25) is 48.1 Å². The maximum atomic E-state index is 14.2. The predicted molar refractivity (Wildman–Crippen MR) is 292 cm³/mol. The Balaban J connectivity index is 0.724. The first-order valence-electron chi connectivity index (χ1n) is 26.8. The van der Waals surface area contributed by atoms with Crippen LogP contribution < -0.4 is 24.8 Å². The van der Waals surface area contributed by atoms with Crippen molar-refractivity contribution in [2.24, 2.45) is 5.41 Å². The fourth-order valence-electron chi connectivity index (χ4n) is 12.8. The minimum Gasteiger partial charge on any atom is -0.480 e. The van der Waals surface area contributed by atoms with Crippen molar-refractivity contribution >= 4 is 66.1 Å². The van der Waals surface area contributed by atoms with E-state index < -0.39 is 49.8 Å². The number of phosphoric acid groups is 1. The largest absolute Gasteiger partial charge is 0.480 e. The van der Waals surface area contributed by atoms with Gasteiger partial charge in [0.15, 0.2) is 0 Å². The van der Waals surface area contributed by atoms with Crippen LogP contribution in [0.15, 0.2) is 67.1 Å². The highest BCUT2D eigenvalue weighted by atomic mass is 31.2. The lowest BCUT2D eigenvalue weighted by Gasteiger charge is -2.48. The minimum absolute atomic E-state index is 0.0970. The second-order valence-electron chi connectivity index (χ2n) is 23.0. The van der Waals surface area contributed by atoms with Crippen LogP contribution in [0.5, 0.6) is 5.88 Å². The highest BCUT2D eigenvalue weighted by molar-refractivity contribution is 7.46. The molecule has 79 heavy (non-hydrogen) atoms. The third-order valence-corrected chi connectivity index (χ3v) is 17.0. The second kappa shape index (κ2) is 20.2. The molecule has 3 fully saturated rings. The Morgan fingerprint density at radius 1 is 0.810 bits per heavy atom. The van der Waals surface area contributed by atoms with Crippen LogP contribution >= 0.6 is 7.82 Å². The van der Waals surface area contributed by atoms with Gasteiger partial charge in [-0.1, -0.05) is 13.8 Å². The van der Waals surface area contributed by atoms with Gasteiger partial charge in [0.1, 0.15) is 35.8 Å². The zero-order chi connectivity index (χ0) is 56.0. The van der Waals surface area contributed by atoms with Gasteiger partial charge in [0.2, 0.25) is 11.8 Å². The molecule has 3 saturated heterocycles.